The Labute approximate surface area is 150 Å². The van der Waals surface area contributed by atoms with Gasteiger partial charge in [-0.1, -0.05) is 35.5 Å². The number of pyridine rings is 1. The summed E-state index contributed by atoms with van der Waals surface area (Å²) in [4.78, 5) is 23.0. The highest BCUT2D eigenvalue weighted by Gasteiger charge is 2.31. The quantitative estimate of drug-likeness (QED) is 0.720. The lowest BCUT2D eigenvalue weighted by molar-refractivity contribution is 0.0789. The van der Waals surface area contributed by atoms with Crippen molar-refractivity contribution in [3.05, 3.63) is 60.1 Å². The summed E-state index contributed by atoms with van der Waals surface area (Å²) < 4.78 is 10.5. The number of likely N-dealkylation sites (tertiary alicyclic amines) is 1. The molecule has 1 saturated heterocycles. The molecule has 3 heterocycles. The molecule has 26 heavy (non-hydrogen) atoms. The van der Waals surface area contributed by atoms with Gasteiger partial charge in [-0.2, -0.15) is 4.98 Å². The van der Waals surface area contributed by atoms with Crippen molar-refractivity contribution in [2.24, 2.45) is 0 Å². The van der Waals surface area contributed by atoms with Crippen molar-refractivity contribution in [2.45, 2.75) is 12.3 Å². The average molecular weight is 350 g/mol. The Hall–Kier alpha value is -3.22. The van der Waals surface area contributed by atoms with E-state index < -0.39 is 0 Å². The molecule has 1 atom stereocenters. The number of nitrogens with zero attached hydrogens (tertiary/aromatic N) is 4. The predicted molar refractivity (Wildman–Crippen MR) is 93.8 cm³/mol. The lowest BCUT2D eigenvalue weighted by atomic mass is 10.1. The standard InChI is InChI=1S/C19H18N4O3/c1-25-16-8-7-14(11-20-16)19(24)23-10-9-15(12-23)18-21-17(22-26-18)13-5-3-2-4-6-13/h2-8,11,15H,9-10,12H2,1H3/t15-/m1/s1. The van der Waals surface area contributed by atoms with E-state index in [-0.39, 0.29) is 11.8 Å². The highest BCUT2D eigenvalue weighted by atomic mass is 16.5. The minimum Gasteiger partial charge on any atom is -0.481 e. The summed E-state index contributed by atoms with van der Waals surface area (Å²) in [7, 11) is 1.54. The summed E-state index contributed by atoms with van der Waals surface area (Å²) in [5, 5.41) is 4.06. The van der Waals surface area contributed by atoms with Crippen LogP contribution in [0.3, 0.4) is 0 Å². The first kappa shape index (κ1) is 16.3. The number of benzene rings is 1. The van der Waals surface area contributed by atoms with Gasteiger partial charge in [0.1, 0.15) is 0 Å². The minimum atomic E-state index is -0.0505. The van der Waals surface area contributed by atoms with Crippen LogP contribution >= 0.6 is 0 Å². The van der Waals surface area contributed by atoms with E-state index in [0.29, 0.717) is 36.2 Å². The highest BCUT2D eigenvalue weighted by Crippen LogP contribution is 2.28. The third-order valence-corrected chi connectivity index (χ3v) is 4.49. The van der Waals surface area contributed by atoms with Gasteiger partial charge in [-0.3, -0.25) is 4.79 Å². The molecule has 0 unspecified atom stereocenters. The molecule has 1 amide bonds. The fourth-order valence-corrected chi connectivity index (χ4v) is 3.06. The number of amides is 1. The number of hydrogen-bond donors (Lipinski definition) is 0. The van der Waals surface area contributed by atoms with Crippen LogP contribution in [0.5, 0.6) is 5.88 Å². The molecule has 1 fully saturated rings. The summed E-state index contributed by atoms with van der Waals surface area (Å²) >= 11 is 0. The molecule has 0 bridgehead atoms. The molecule has 132 valence electrons. The summed E-state index contributed by atoms with van der Waals surface area (Å²) in [6.07, 6.45) is 2.33. The van der Waals surface area contributed by atoms with Crippen LogP contribution in [0, 0.1) is 0 Å². The van der Waals surface area contributed by atoms with Gasteiger partial charge in [-0.15, -0.1) is 0 Å². The lowest BCUT2D eigenvalue weighted by Crippen LogP contribution is -2.28. The van der Waals surface area contributed by atoms with E-state index in [9.17, 15) is 4.79 Å². The van der Waals surface area contributed by atoms with Crippen LogP contribution in [0.15, 0.2) is 53.2 Å². The maximum atomic E-state index is 12.6. The fourth-order valence-electron chi connectivity index (χ4n) is 3.06. The molecule has 0 saturated carbocycles. The second-order valence-corrected chi connectivity index (χ2v) is 6.15. The van der Waals surface area contributed by atoms with Gasteiger partial charge in [0.15, 0.2) is 0 Å². The van der Waals surface area contributed by atoms with Crippen LogP contribution < -0.4 is 4.74 Å². The number of ether oxygens (including phenoxy) is 1. The maximum Gasteiger partial charge on any atom is 0.255 e. The monoisotopic (exact) mass is 350 g/mol. The molecule has 1 aliphatic rings. The van der Waals surface area contributed by atoms with Gasteiger partial charge in [0.25, 0.3) is 5.91 Å². The first-order chi connectivity index (χ1) is 12.7. The van der Waals surface area contributed by atoms with Crippen molar-refractivity contribution in [1.82, 2.24) is 20.0 Å². The molecule has 1 aliphatic heterocycles. The van der Waals surface area contributed by atoms with E-state index in [1.807, 2.05) is 30.3 Å². The van der Waals surface area contributed by atoms with Gasteiger partial charge >= 0.3 is 0 Å². The van der Waals surface area contributed by atoms with Gasteiger partial charge < -0.3 is 14.2 Å². The van der Waals surface area contributed by atoms with Crippen LogP contribution in [0.1, 0.15) is 28.6 Å². The number of carbonyl (C=O) groups excluding carboxylic acids is 1. The molecule has 1 aromatic carbocycles. The fraction of sp³-hybridized carbons (Fsp3) is 0.263. The van der Waals surface area contributed by atoms with Gasteiger partial charge in [0.2, 0.25) is 17.6 Å². The van der Waals surface area contributed by atoms with E-state index in [1.165, 1.54) is 6.20 Å². The molecule has 7 heteroatoms. The number of methoxy groups -OCH3 is 1. The Morgan fingerprint density at radius 1 is 1.23 bits per heavy atom. The van der Waals surface area contributed by atoms with Crippen LogP contribution in [-0.4, -0.2) is 46.1 Å². The Morgan fingerprint density at radius 2 is 2.08 bits per heavy atom. The van der Waals surface area contributed by atoms with Crippen LogP contribution in [0.25, 0.3) is 11.4 Å². The molecule has 7 nitrogen and oxygen atoms in total. The van der Waals surface area contributed by atoms with E-state index in [4.69, 9.17) is 9.26 Å². The molecule has 0 N–H and O–H groups in total. The van der Waals surface area contributed by atoms with E-state index in [0.717, 1.165) is 12.0 Å². The summed E-state index contributed by atoms with van der Waals surface area (Å²) in [5.41, 5.74) is 1.46. The Morgan fingerprint density at radius 3 is 2.81 bits per heavy atom. The van der Waals surface area contributed by atoms with Crippen LogP contribution in [0.2, 0.25) is 0 Å². The zero-order valence-electron chi connectivity index (χ0n) is 14.3. The molecule has 0 radical (unpaired) electrons. The van der Waals surface area contributed by atoms with E-state index >= 15 is 0 Å². The molecule has 3 aromatic rings. The maximum absolute atomic E-state index is 12.6. The number of carbonyl (C=O) groups is 1. The summed E-state index contributed by atoms with van der Waals surface area (Å²) in [6, 6.07) is 13.1. The lowest BCUT2D eigenvalue weighted by Gasteiger charge is -2.15. The van der Waals surface area contributed by atoms with E-state index in [1.54, 1.807) is 24.1 Å². The van der Waals surface area contributed by atoms with Gasteiger partial charge in [0, 0.05) is 30.9 Å². The van der Waals surface area contributed by atoms with Crippen molar-refractivity contribution in [2.75, 3.05) is 20.2 Å². The SMILES string of the molecule is COc1ccc(C(=O)N2CC[C@@H](c3nc(-c4ccccc4)no3)C2)cn1. The molecule has 0 aliphatic carbocycles. The third-order valence-electron chi connectivity index (χ3n) is 4.49. The number of hydrogen-bond acceptors (Lipinski definition) is 6. The summed E-state index contributed by atoms with van der Waals surface area (Å²) in [6.45, 7) is 1.21. The second-order valence-electron chi connectivity index (χ2n) is 6.15. The van der Waals surface area contributed by atoms with Crippen LogP contribution in [-0.2, 0) is 0 Å². The van der Waals surface area contributed by atoms with Gasteiger partial charge in [-0.05, 0) is 12.5 Å². The summed E-state index contributed by atoms with van der Waals surface area (Å²) in [5.74, 6) is 1.64. The third kappa shape index (κ3) is 3.15. The molecule has 2 aromatic heterocycles. The molecule has 0 spiro atoms. The minimum absolute atomic E-state index is 0.0505. The molecular formula is C19H18N4O3. The normalized spacial score (nSPS) is 16.7. The van der Waals surface area contributed by atoms with Crippen molar-refractivity contribution in [3.8, 4) is 17.3 Å². The molecular weight excluding hydrogens is 332 g/mol. The van der Waals surface area contributed by atoms with Crippen molar-refractivity contribution in [3.63, 3.8) is 0 Å². The van der Waals surface area contributed by atoms with Gasteiger partial charge in [0.05, 0.1) is 18.6 Å². The largest absolute Gasteiger partial charge is 0.481 e. The smallest absolute Gasteiger partial charge is 0.255 e. The Kier molecular flexibility index (Phi) is 4.35. The number of rotatable bonds is 4. The van der Waals surface area contributed by atoms with Crippen molar-refractivity contribution < 1.29 is 14.1 Å². The van der Waals surface area contributed by atoms with Gasteiger partial charge in [-0.25, -0.2) is 4.98 Å². The first-order valence-corrected chi connectivity index (χ1v) is 8.43. The van der Waals surface area contributed by atoms with E-state index in [2.05, 4.69) is 15.1 Å². The predicted octanol–water partition coefficient (Wildman–Crippen LogP) is 2.77. The van der Waals surface area contributed by atoms with Crippen molar-refractivity contribution >= 4 is 5.91 Å². The Bertz CT molecular complexity index is 893. The zero-order chi connectivity index (χ0) is 17.9. The number of aromatic nitrogens is 3. The zero-order valence-corrected chi connectivity index (χ0v) is 14.3. The Balaban J connectivity index is 1.45. The first-order valence-electron chi connectivity index (χ1n) is 8.43. The average Bonchev–Trinajstić information content (AvgIpc) is 3.38. The topological polar surface area (TPSA) is 81.4 Å². The molecule has 4 rings (SSSR count). The van der Waals surface area contributed by atoms with Crippen LogP contribution in [0.4, 0.5) is 0 Å². The second kappa shape index (κ2) is 6.95. The highest BCUT2D eigenvalue weighted by molar-refractivity contribution is 5.94. The van der Waals surface area contributed by atoms with Crippen molar-refractivity contribution in [1.29, 1.82) is 0 Å².